The molecule has 0 bridgehead atoms. The van der Waals surface area contributed by atoms with Crippen LogP contribution in [0.3, 0.4) is 0 Å². The van der Waals surface area contributed by atoms with E-state index in [-0.39, 0.29) is 0 Å². The third kappa shape index (κ3) is 5.14. The number of rotatable bonds is 9. The Balaban J connectivity index is 2.80. The Hall–Kier alpha value is -1.06. The molecule has 0 spiro atoms. The van der Waals surface area contributed by atoms with Crippen molar-refractivity contribution < 1.29 is 9.47 Å². The van der Waals surface area contributed by atoms with Crippen molar-refractivity contribution in [1.29, 1.82) is 0 Å². The van der Waals surface area contributed by atoms with Crippen LogP contribution in [0.25, 0.3) is 0 Å². The molecule has 1 aromatic rings. The third-order valence-electron chi connectivity index (χ3n) is 3.76. The summed E-state index contributed by atoms with van der Waals surface area (Å²) in [5.41, 5.74) is 2.64. The van der Waals surface area contributed by atoms with Crippen LogP contribution in [-0.2, 0) is 4.74 Å². The van der Waals surface area contributed by atoms with Crippen LogP contribution >= 0.6 is 0 Å². The summed E-state index contributed by atoms with van der Waals surface area (Å²) in [6.45, 7) is 7.51. The van der Waals surface area contributed by atoms with Gasteiger partial charge in [-0.1, -0.05) is 13.0 Å². The molecule has 2 unspecified atom stereocenters. The summed E-state index contributed by atoms with van der Waals surface area (Å²) in [4.78, 5) is 0. The number of nitrogens with one attached hydrogen (secondary N) is 1. The highest BCUT2D eigenvalue weighted by Crippen LogP contribution is 2.26. The van der Waals surface area contributed by atoms with Crippen LogP contribution in [0.4, 0.5) is 0 Å². The molecule has 1 N–H and O–H groups in total. The van der Waals surface area contributed by atoms with Gasteiger partial charge >= 0.3 is 0 Å². The highest BCUT2D eigenvalue weighted by molar-refractivity contribution is 5.36. The van der Waals surface area contributed by atoms with Gasteiger partial charge in [-0.15, -0.1) is 0 Å². The van der Waals surface area contributed by atoms with Gasteiger partial charge in [0.1, 0.15) is 5.75 Å². The minimum absolute atomic E-state index is 0.305. The molecule has 0 aliphatic rings. The first-order valence-electron chi connectivity index (χ1n) is 7.53. The van der Waals surface area contributed by atoms with Gasteiger partial charge in [0.05, 0.1) is 13.2 Å². The molecule has 0 amide bonds. The van der Waals surface area contributed by atoms with Gasteiger partial charge in [-0.3, -0.25) is 0 Å². The van der Waals surface area contributed by atoms with Crippen molar-refractivity contribution in [2.24, 2.45) is 0 Å². The first kappa shape index (κ1) is 17.0. The largest absolute Gasteiger partial charge is 0.497 e. The van der Waals surface area contributed by atoms with Crippen LogP contribution in [-0.4, -0.2) is 26.9 Å². The van der Waals surface area contributed by atoms with Crippen molar-refractivity contribution in [1.82, 2.24) is 5.32 Å². The standard InChI is InChI=1S/C17H29NO2/c1-6-11-18-17(10-7-14(3)19-4)16-9-8-15(20-5)12-13(16)2/h8-9,12,14,17-18H,6-7,10-11H2,1-5H3. The molecule has 1 aromatic carbocycles. The first-order chi connectivity index (χ1) is 9.62. The fourth-order valence-corrected chi connectivity index (χ4v) is 2.37. The highest BCUT2D eigenvalue weighted by atomic mass is 16.5. The molecular formula is C17H29NO2. The van der Waals surface area contributed by atoms with E-state index in [9.17, 15) is 0 Å². The average Bonchev–Trinajstić information content (AvgIpc) is 2.47. The lowest BCUT2D eigenvalue weighted by molar-refractivity contribution is 0.106. The van der Waals surface area contributed by atoms with Crippen molar-refractivity contribution in [2.75, 3.05) is 20.8 Å². The molecule has 1 rings (SSSR count). The van der Waals surface area contributed by atoms with Gasteiger partial charge in [0.2, 0.25) is 0 Å². The molecule has 114 valence electrons. The van der Waals surface area contributed by atoms with E-state index in [0.29, 0.717) is 12.1 Å². The number of aryl methyl sites for hydroxylation is 1. The van der Waals surface area contributed by atoms with Crippen LogP contribution in [0.5, 0.6) is 5.75 Å². The van der Waals surface area contributed by atoms with Gasteiger partial charge in [0, 0.05) is 13.2 Å². The van der Waals surface area contributed by atoms with E-state index < -0.39 is 0 Å². The molecular weight excluding hydrogens is 250 g/mol. The molecule has 3 nitrogen and oxygen atoms in total. The Morgan fingerprint density at radius 2 is 1.95 bits per heavy atom. The van der Waals surface area contributed by atoms with E-state index in [4.69, 9.17) is 9.47 Å². The summed E-state index contributed by atoms with van der Waals surface area (Å²) in [5, 5.41) is 3.65. The second kappa shape index (κ2) is 8.98. The van der Waals surface area contributed by atoms with Gasteiger partial charge in [-0.05, 0) is 62.9 Å². The summed E-state index contributed by atoms with van der Waals surface area (Å²) in [5.74, 6) is 0.922. The predicted molar refractivity (Wildman–Crippen MR) is 84.5 cm³/mol. The SMILES string of the molecule is CCCNC(CCC(C)OC)c1ccc(OC)cc1C. The van der Waals surface area contributed by atoms with Gasteiger partial charge in [-0.25, -0.2) is 0 Å². The molecule has 0 radical (unpaired) electrons. The Morgan fingerprint density at radius 3 is 2.50 bits per heavy atom. The van der Waals surface area contributed by atoms with E-state index in [1.165, 1.54) is 11.1 Å². The Morgan fingerprint density at radius 1 is 1.20 bits per heavy atom. The smallest absolute Gasteiger partial charge is 0.119 e. The molecule has 0 aromatic heterocycles. The quantitative estimate of drug-likeness (QED) is 0.744. The summed E-state index contributed by atoms with van der Waals surface area (Å²) in [7, 11) is 3.49. The van der Waals surface area contributed by atoms with E-state index in [2.05, 4.69) is 38.2 Å². The predicted octanol–water partition coefficient (Wildman–Crippen LogP) is 3.86. The second-order valence-electron chi connectivity index (χ2n) is 5.35. The van der Waals surface area contributed by atoms with Gasteiger partial charge in [0.15, 0.2) is 0 Å². The fourth-order valence-electron chi connectivity index (χ4n) is 2.37. The molecule has 3 heteroatoms. The average molecular weight is 279 g/mol. The molecule has 0 saturated heterocycles. The Kier molecular flexibility index (Phi) is 7.63. The molecule has 0 aliphatic heterocycles. The lowest BCUT2D eigenvalue weighted by Crippen LogP contribution is -2.24. The minimum Gasteiger partial charge on any atom is -0.497 e. The van der Waals surface area contributed by atoms with E-state index >= 15 is 0 Å². The molecule has 0 fully saturated rings. The molecule has 20 heavy (non-hydrogen) atoms. The maximum atomic E-state index is 5.36. The second-order valence-corrected chi connectivity index (χ2v) is 5.35. The zero-order valence-electron chi connectivity index (χ0n) is 13.5. The zero-order valence-corrected chi connectivity index (χ0v) is 13.5. The molecule has 0 saturated carbocycles. The van der Waals surface area contributed by atoms with Crippen molar-refractivity contribution in [2.45, 2.75) is 52.2 Å². The molecule has 2 atom stereocenters. The maximum Gasteiger partial charge on any atom is 0.119 e. The highest BCUT2D eigenvalue weighted by Gasteiger charge is 2.15. The zero-order chi connectivity index (χ0) is 15.0. The van der Waals surface area contributed by atoms with Crippen LogP contribution in [0.15, 0.2) is 18.2 Å². The number of hydrogen-bond acceptors (Lipinski definition) is 3. The van der Waals surface area contributed by atoms with E-state index in [1.807, 2.05) is 6.07 Å². The first-order valence-corrected chi connectivity index (χ1v) is 7.53. The van der Waals surface area contributed by atoms with Crippen molar-refractivity contribution in [3.8, 4) is 5.75 Å². The van der Waals surface area contributed by atoms with Crippen molar-refractivity contribution >= 4 is 0 Å². The number of methoxy groups -OCH3 is 2. The maximum absolute atomic E-state index is 5.36. The fraction of sp³-hybridized carbons (Fsp3) is 0.647. The lowest BCUT2D eigenvalue weighted by Gasteiger charge is -2.22. The number of hydrogen-bond donors (Lipinski definition) is 1. The summed E-state index contributed by atoms with van der Waals surface area (Å²) >= 11 is 0. The summed E-state index contributed by atoms with van der Waals surface area (Å²) in [6.07, 6.45) is 3.59. The Bertz CT molecular complexity index is 393. The van der Waals surface area contributed by atoms with Crippen LogP contribution in [0.2, 0.25) is 0 Å². The van der Waals surface area contributed by atoms with Crippen LogP contribution in [0.1, 0.15) is 50.3 Å². The van der Waals surface area contributed by atoms with E-state index in [1.54, 1.807) is 14.2 Å². The minimum atomic E-state index is 0.305. The van der Waals surface area contributed by atoms with Gasteiger partial charge in [-0.2, -0.15) is 0 Å². The third-order valence-corrected chi connectivity index (χ3v) is 3.76. The van der Waals surface area contributed by atoms with Crippen LogP contribution < -0.4 is 10.1 Å². The summed E-state index contributed by atoms with van der Waals surface area (Å²) in [6, 6.07) is 6.72. The topological polar surface area (TPSA) is 30.5 Å². The van der Waals surface area contributed by atoms with E-state index in [0.717, 1.165) is 31.6 Å². The number of benzene rings is 1. The lowest BCUT2D eigenvalue weighted by atomic mass is 9.96. The monoisotopic (exact) mass is 279 g/mol. The van der Waals surface area contributed by atoms with Crippen molar-refractivity contribution in [3.05, 3.63) is 29.3 Å². The summed E-state index contributed by atoms with van der Waals surface area (Å²) < 4.78 is 10.6. The molecule has 0 aliphatic carbocycles. The van der Waals surface area contributed by atoms with Crippen molar-refractivity contribution in [3.63, 3.8) is 0 Å². The number of ether oxygens (including phenoxy) is 2. The molecule has 0 heterocycles. The van der Waals surface area contributed by atoms with Gasteiger partial charge < -0.3 is 14.8 Å². The normalized spacial score (nSPS) is 14.1. The van der Waals surface area contributed by atoms with Crippen LogP contribution in [0, 0.1) is 6.92 Å². The van der Waals surface area contributed by atoms with Gasteiger partial charge in [0.25, 0.3) is 0 Å². The Labute approximate surface area is 123 Å².